The molecule has 0 N–H and O–H groups in total. The molecule has 6 nitrogen and oxygen atoms in total. The number of oxazole rings is 1. The van der Waals surface area contributed by atoms with Crippen LogP contribution < -0.4 is 0 Å². The van der Waals surface area contributed by atoms with Gasteiger partial charge in [-0.3, -0.25) is 4.79 Å². The van der Waals surface area contributed by atoms with Crippen LogP contribution in [0.4, 0.5) is 4.39 Å². The molecule has 1 unspecified atom stereocenters. The Morgan fingerprint density at radius 2 is 2.00 bits per heavy atom. The quantitative estimate of drug-likeness (QED) is 0.467. The molecule has 4 aromatic rings. The van der Waals surface area contributed by atoms with Crippen LogP contribution in [0.2, 0.25) is 0 Å². The van der Waals surface area contributed by atoms with Crippen molar-refractivity contribution in [3.05, 3.63) is 83.6 Å². The van der Waals surface area contributed by atoms with Crippen LogP contribution in [0.5, 0.6) is 0 Å². The number of aromatic nitrogens is 3. The fourth-order valence-electron chi connectivity index (χ4n) is 4.43. The van der Waals surface area contributed by atoms with E-state index in [1.165, 1.54) is 12.1 Å². The number of rotatable bonds is 5. The van der Waals surface area contributed by atoms with Crippen molar-refractivity contribution in [3.63, 3.8) is 0 Å². The average Bonchev–Trinajstić information content (AvgIpc) is 3.40. The van der Waals surface area contributed by atoms with Gasteiger partial charge < -0.3 is 13.9 Å². The predicted octanol–water partition coefficient (Wildman–Crippen LogP) is 4.47. The molecule has 5 rings (SSSR count). The number of carbonyl (C=O) groups is 1. The third-order valence-corrected chi connectivity index (χ3v) is 6.13. The van der Waals surface area contributed by atoms with Gasteiger partial charge in [0.1, 0.15) is 23.9 Å². The van der Waals surface area contributed by atoms with Crippen LogP contribution in [-0.4, -0.2) is 38.4 Å². The molecule has 0 spiro atoms. The number of hydrogen-bond donors (Lipinski definition) is 0. The van der Waals surface area contributed by atoms with Gasteiger partial charge in [-0.15, -0.1) is 0 Å². The number of hydrogen-bond acceptors (Lipinski definition) is 4. The average molecular weight is 432 g/mol. The first kappa shape index (κ1) is 20.4. The summed E-state index contributed by atoms with van der Waals surface area (Å²) in [4.78, 5) is 24.1. The van der Waals surface area contributed by atoms with Gasteiger partial charge in [0, 0.05) is 19.5 Å². The highest BCUT2D eigenvalue weighted by atomic mass is 19.1. The van der Waals surface area contributed by atoms with Crippen molar-refractivity contribution in [1.29, 1.82) is 0 Å². The maximum absolute atomic E-state index is 13.1. The van der Waals surface area contributed by atoms with E-state index in [-0.39, 0.29) is 24.2 Å². The molecule has 1 amide bonds. The van der Waals surface area contributed by atoms with Gasteiger partial charge in [0.15, 0.2) is 5.89 Å². The monoisotopic (exact) mass is 432 g/mol. The van der Waals surface area contributed by atoms with Crippen LogP contribution in [0, 0.1) is 12.7 Å². The number of benzene rings is 2. The molecule has 0 aliphatic carbocycles. The summed E-state index contributed by atoms with van der Waals surface area (Å²) in [6.45, 7) is 3.55. The smallest absolute Gasteiger partial charge is 0.242 e. The van der Waals surface area contributed by atoms with Gasteiger partial charge in [-0.1, -0.05) is 24.3 Å². The minimum Gasteiger partial charge on any atom is -0.445 e. The van der Waals surface area contributed by atoms with Crippen molar-refractivity contribution in [2.75, 3.05) is 13.1 Å². The van der Waals surface area contributed by atoms with Gasteiger partial charge in [0.25, 0.3) is 0 Å². The number of nitrogens with zero attached hydrogens (tertiary/aromatic N) is 4. The largest absolute Gasteiger partial charge is 0.445 e. The highest BCUT2D eigenvalue weighted by Gasteiger charge is 2.28. The maximum atomic E-state index is 13.1. The number of carbonyl (C=O) groups excluding carboxylic acids is 1. The van der Waals surface area contributed by atoms with Gasteiger partial charge in [0.2, 0.25) is 5.91 Å². The SMILES string of the molecule is Cc1nc2ccccc2n1CC(=O)N1CCCC(c2ncc(Cc3ccc(F)cc3)o2)C1. The van der Waals surface area contributed by atoms with Crippen LogP contribution in [-0.2, 0) is 17.8 Å². The highest BCUT2D eigenvalue weighted by Crippen LogP contribution is 2.28. The number of fused-ring (bicyclic) bond motifs is 1. The summed E-state index contributed by atoms with van der Waals surface area (Å²) in [6, 6.07) is 14.3. The van der Waals surface area contributed by atoms with E-state index in [9.17, 15) is 9.18 Å². The molecule has 1 atom stereocenters. The number of halogens is 1. The van der Waals surface area contributed by atoms with Crippen LogP contribution in [0.25, 0.3) is 11.0 Å². The summed E-state index contributed by atoms with van der Waals surface area (Å²) in [5.41, 5.74) is 2.85. The van der Waals surface area contributed by atoms with Gasteiger partial charge in [-0.25, -0.2) is 14.4 Å². The second kappa shape index (κ2) is 8.57. The number of para-hydroxylation sites is 2. The molecule has 7 heteroatoms. The second-order valence-corrected chi connectivity index (χ2v) is 8.38. The number of piperidine rings is 1. The standard InChI is InChI=1S/C25H25FN4O2/c1-17-28-22-6-2-3-7-23(22)30(17)16-24(31)29-12-4-5-19(15-29)25-27-14-21(32-25)13-18-8-10-20(26)11-9-18/h2-3,6-11,14,19H,4-5,12-13,15-16H2,1H3. The Balaban J connectivity index is 1.26. The van der Waals surface area contributed by atoms with Crippen molar-refractivity contribution < 1.29 is 13.6 Å². The summed E-state index contributed by atoms with van der Waals surface area (Å²) in [5.74, 6) is 2.16. The van der Waals surface area contributed by atoms with Crippen molar-refractivity contribution in [2.24, 2.45) is 0 Å². The summed E-state index contributed by atoms with van der Waals surface area (Å²) >= 11 is 0. The van der Waals surface area contributed by atoms with Crippen molar-refractivity contribution in [3.8, 4) is 0 Å². The summed E-state index contributed by atoms with van der Waals surface area (Å²) in [5, 5.41) is 0. The highest BCUT2D eigenvalue weighted by molar-refractivity contribution is 5.81. The van der Waals surface area contributed by atoms with Crippen LogP contribution in [0.1, 0.15) is 41.8 Å². The molecular formula is C25H25FN4O2. The van der Waals surface area contributed by atoms with E-state index < -0.39 is 0 Å². The molecular weight excluding hydrogens is 407 g/mol. The normalized spacial score (nSPS) is 16.6. The Labute approximate surface area is 185 Å². The van der Waals surface area contributed by atoms with Gasteiger partial charge in [-0.2, -0.15) is 0 Å². The Morgan fingerprint density at radius 1 is 1.19 bits per heavy atom. The van der Waals surface area contributed by atoms with E-state index in [4.69, 9.17) is 4.42 Å². The van der Waals surface area contributed by atoms with Crippen LogP contribution in [0.15, 0.2) is 59.1 Å². The topological polar surface area (TPSA) is 64.2 Å². The Hall–Kier alpha value is -3.48. The van der Waals surface area contributed by atoms with Gasteiger partial charge >= 0.3 is 0 Å². The zero-order valence-corrected chi connectivity index (χ0v) is 18.0. The number of amides is 1. The maximum Gasteiger partial charge on any atom is 0.242 e. The molecule has 1 saturated heterocycles. The Bertz CT molecular complexity index is 1240. The predicted molar refractivity (Wildman–Crippen MR) is 119 cm³/mol. The number of aryl methyl sites for hydroxylation is 1. The van der Waals surface area contributed by atoms with E-state index in [2.05, 4.69) is 9.97 Å². The van der Waals surface area contributed by atoms with Crippen molar-refractivity contribution in [1.82, 2.24) is 19.4 Å². The Kier molecular flexibility index (Phi) is 5.47. The molecule has 2 aromatic carbocycles. The van der Waals surface area contributed by atoms with E-state index in [0.29, 0.717) is 18.9 Å². The lowest BCUT2D eigenvalue weighted by atomic mass is 9.98. The zero-order valence-electron chi connectivity index (χ0n) is 18.0. The third kappa shape index (κ3) is 4.15. The number of likely N-dealkylation sites (tertiary alicyclic amines) is 1. The van der Waals surface area contributed by atoms with E-state index in [0.717, 1.165) is 47.6 Å². The fraction of sp³-hybridized carbons (Fsp3) is 0.320. The first-order chi connectivity index (χ1) is 15.6. The molecule has 3 heterocycles. The van der Waals surface area contributed by atoms with E-state index >= 15 is 0 Å². The van der Waals surface area contributed by atoms with Gasteiger partial charge in [-0.05, 0) is 49.6 Å². The molecule has 0 bridgehead atoms. The first-order valence-electron chi connectivity index (χ1n) is 11.0. The molecule has 0 saturated carbocycles. The summed E-state index contributed by atoms with van der Waals surface area (Å²) in [6.07, 6.45) is 4.15. The molecule has 32 heavy (non-hydrogen) atoms. The molecule has 1 fully saturated rings. The minimum absolute atomic E-state index is 0.0790. The lowest BCUT2D eigenvalue weighted by Crippen LogP contribution is -2.41. The van der Waals surface area contributed by atoms with E-state index in [1.807, 2.05) is 40.7 Å². The fourth-order valence-corrected chi connectivity index (χ4v) is 4.43. The van der Waals surface area contributed by atoms with Crippen molar-refractivity contribution in [2.45, 2.75) is 38.6 Å². The van der Waals surface area contributed by atoms with Crippen LogP contribution >= 0.6 is 0 Å². The second-order valence-electron chi connectivity index (χ2n) is 8.38. The molecule has 164 valence electrons. The van der Waals surface area contributed by atoms with E-state index in [1.54, 1.807) is 18.3 Å². The zero-order chi connectivity index (χ0) is 22.1. The molecule has 1 aliphatic heterocycles. The first-order valence-corrected chi connectivity index (χ1v) is 11.0. The molecule has 2 aromatic heterocycles. The molecule has 0 radical (unpaired) electrons. The minimum atomic E-state index is -0.252. The summed E-state index contributed by atoms with van der Waals surface area (Å²) in [7, 11) is 0. The lowest BCUT2D eigenvalue weighted by molar-refractivity contribution is -0.133. The van der Waals surface area contributed by atoms with Crippen molar-refractivity contribution >= 4 is 16.9 Å². The van der Waals surface area contributed by atoms with Gasteiger partial charge in [0.05, 0.1) is 23.1 Å². The molecule has 1 aliphatic rings. The van der Waals surface area contributed by atoms with Crippen LogP contribution in [0.3, 0.4) is 0 Å². The number of imidazole rings is 1. The third-order valence-electron chi connectivity index (χ3n) is 6.13. The Morgan fingerprint density at radius 3 is 2.84 bits per heavy atom. The lowest BCUT2D eigenvalue weighted by Gasteiger charge is -2.31. The summed E-state index contributed by atoms with van der Waals surface area (Å²) < 4.78 is 21.1.